The smallest absolute Gasteiger partial charge is 0.253 e. The Kier molecular flexibility index (Phi) is 7.01. The van der Waals surface area contributed by atoms with Crippen molar-refractivity contribution in [1.82, 2.24) is 9.88 Å². The molecule has 0 radical (unpaired) electrons. The lowest BCUT2D eigenvalue weighted by Crippen LogP contribution is -2.37. The highest BCUT2D eigenvalue weighted by Gasteiger charge is 2.14. The van der Waals surface area contributed by atoms with Gasteiger partial charge >= 0.3 is 0 Å². The summed E-state index contributed by atoms with van der Waals surface area (Å²) >= 11 is 5.61. The van der Waals surface area contributed by atoms with Crippen LogP contribution in [0, 0.1) is 6.92 Å². The second-order valence-electron chi connectivity index (χ2n) is 7.20. The Balaban J connectivity index is 1.86. The number of hydrogen-bond donors (Lipinski definition) is 3. The second-order valence-corrected chi connectivity index (χ2v) is 7.58. The van der Waals surface area contributed by atoms with Gasteiger partial charge in [0.2, 0.25) is 0 Å². The van der Waals surface area contributed by atoms with Crippen LogP contribution in [0.4, 0.5) is 5.69 Å². The van der Waals surface area contributed by atoms with Gasteiger partial charge in [0, 0.05) is 29.9 Å². The van der Waals surface area contributed by atoms with E-state index in [0.29, 0.717) is 30.2 Å². The molecule has 1 heterocycles. The Hall–Kier alpha value is -2.70. The van der Waals surface area contributed by atoms with E-state index in [4.69, 9.17) is 12.2 Å². The molecule has 3 rings (SSSR count). The predicted molar refractivity (Wildman–Crippen MR) is 123 cm³/mol. The van der Waals surface area contributed by atoms with E-state index < -0.39 is 0 Å². The van der Waals surface area contributed by atoms with E-state index in [2.05, 4.69) is 23.3 Å². The Morgan fingerprint density at radius 1 is 1.21 bits per heavy atom. The number of fused-ring (bicyclic) bond motifs is 1. The number of anilines is 1. The van der Waals surface area contributed by atoms with Gasteiger partial charge in [-0.3, -0.25) is 4.79 Å². The van der Waals surface area contributed by atoms with Gasteiger partial charge in [0.15, 0.2) is 5.11 Å². The summed E-state index contributed by atoms with van der Waals surface area (Å²) in [5, 5.41) is 14.1. The summed E-state index contributed by atoms with van der Waals surface area (Å²) in [6.07, 6.45) is 1.51. The third-order valence-electron chi connectivity index (χ3n) is 4.90. The van der Waals surface area contributed by atoms with E-state index in [1.165, 1.54) is 5.56 Å². The number of rotatable bonds is 7. The quantitative estimate of drug-likeness (QED) is 0.515. The van der Waals surface area contributed by atoms with Gasteiger partial charge in [0.1, 0.15) is 0 Å². The van der Waals surface area contributed by atoms with Gasteiger partial charge in [-0.05, 0) is 78.8 Å². The summed E-state index contributed by atoms with van der Waals surface area (Å²) in [6, 6.07) is 16.0. The summed E-state index contributed by atoms with van der Waals surface area (Å²) in [4.78, 5) is 17.5. The van der Waals surface area contributed by atoms with Gasteiger partial charge in [0.05, 0.1) is 6.54 Å². The van der Waals surface area contributed by atoms with E-state index in [1.54, 1.807) is 0 Å². The average molecular weight is 410 g/mol. The first-order valence-corrected chi connectivity index (χ1v) is 10.3. The van der Waals surface area contributed by atoms with E-state index in [1.807, 2.05) is 54.3 Å². The molecule has 0 atom stereocenters. The van der Waals surface area contributed by atoms with Crippen molar-refractivity contribution in [3.63, 3.8) is 0 Å². The van der Waals surface area contributed by atoms with E-state index in [0.717, 1.165) is 28.6 Å². The summed E-state index contributed by atoms with van der Waals surface area (Å²) in [5.41, 5.74) is 4.63. The number of thiocarbonyl (C=S) groups is 1. The molecule has 0 fully saturated rings. The van der Waals surface area contributed by atoms with Crippen LogP contribution in [0.25, 0.3) is 10.9 Å². The largest absolute Gasteiger partial charge is 0.396 e. The normalized spacial score (nSPS) is 10.9. The number of benzene rings is 2. The molecule has 6 heteroatoms. The zero-order chi connectivity index (χ0) is 20.8. The first kappa shape index (κ1) is 21.0. The van der Waals surface area contributed by atoms with E-state index in [-0.39, 0.29) is 12.2 Å². The Labute approximate surface area is 176 Å². The first-order valence-electron chi connectivity index (χ1n) is 9.88. The number of nitrogens with zero attached hydrogens (tertiary/aromatic N) is 1. The van der Waals surface area contributed by atoms with Crippen LogP contribution in [0.15, 0.2) is 53.3 Å². The van der Waals surface area contributed by atoms with Crippen LogP contribution in [0.5, 0.6) is 0 Å². The van der Waals surface area contributed by atoms with Gasteiger partial charge in [0.25, 0.3) is 5.56 Å². The fourth-order valence-corrected chi connectivity index (χ4v) is 3.56. The maximum absolute atomic E-state index is 12.6. The molecule has 2 aromatic carbocycles. The minimum Gasteiger partial charge on any atom is -0.396 e. The van der Waals surface area contributed by atoms with Gasteiger partial charge in [-0.25, -0.2) is 0 Å². The molecule has 0 unspecified atom stereocenters. The summed E-state index contributed by atoms with van der Waals surface area (Å²) < 4.78 is 0. The highest BCUT2D eigenvalue weighted by Crippen LogP contribution is 2.16. The highest BCUT2D eigenvalue weighted by molar-refractivity contribution is 7.80. The van der Waals surface area contributed by atoms with Gasteiger partial charge in [-0.15, -0.1) is 0 Å². The van der Waals surface area contributed by atoms with Gasteiger partial charge in [-0.1, -0.05) is 25.1 Å². The second kappa shape index (κ2) is 9.67. The highest BCUT2D eigenvalue weighted by atomic mass is 32.1. The number of aromatic amines is 1. The average Bonchev–Trinajstić information content (AvgIpc) is 2.71. The van der Waals surface area contributed by atoms with Crippen LogP contribution in [-0.2, 0) is 13.0 Å². The molecule has 29 heavy (non-hydrogen) atoms. The fraction of sp³-hybridized carbons (Fsp3) is 0.304. The number of hydrogen-bond acceptors (Lipinski definition) is 3. The monoisotopic (exact) mass is 409 g/mol. The number of aliphatic hydroxyl groups is 1. The lowest BCUT2D eigenvalue weighted by Gasteiger charge is -2.26. The van der Waals surface area contributed by atoms with Crippen molar-refractivity contribution in [1.29, 1.82) is 0 Å². The van der Waals surface area contributed by atoms with Crippen molar-refractivity contribution in [2.45, 2.75) is 33.2 Å². The van der Waals surface area contributed by atoms with Gasteiger partial charge in [-0.2, -0.15) is 0 Å². The molecule has 0 saturated heterocycles. The lowest BCUT2D eigenvalue weighted by molar-refractivity contribution is 0.266. The van der Waals surface area contributed by atoms with Gasteiger partial charge < -0.3 is 20.3 Å². The SMILES string of the molecule is CCc1ccc2[nH]c(=O)c(CN(CCCO)C(=S)Nc3cccc(C)c3)cc2c1. The van der Waals surface area contributed by atoms with Crippen molar-refractivity contribution in [2.24, 2.45) is 0 Å². The minimum atomic E-state index is -0.117. The standard InChI is InChI=1S/C23H27N3O2S/c1-3-17-8-9-21-18(13-17)14-19(22(28)25-21)15-26(10-5-11-27)23(29)24-20-7-4-6-16(2)12-20/h4,6-9,12-14,27H,3,5,10-11,15H2,1-2H3,(H,24,29)(H,25,28). The Morgan fingerprint density at radius 2 is 2.03 bits per heavy atom. The van der Waals surface area contributed by atoms with Crippen LogP contribution in [0.2, 0.25) is 0 Å². The molecule has 5 nitrogen and oxygen atoms in total. The molecule has 0 spiro atoms. The molecule has 1 aromatic heterocycles. The molecule has 0 bridgehead atoms. The Bertz CT molecular complexity index is 1060. The molecular weight excluding hydrogens is 382 g/mol. The van der Waals surface area contributed by atoms with Crippen LogP contribution in [-0.4, -0.2) is 33.3 Å². The van der Waals surface area contributed by atoms with Crippen molar-refractivity contribution in [2.75, 3.05) is 18.5 Å². The van der Waals surface area contributed by atoms with Crippen molar-refractivity contribution < 1.29 is 5.11 Å². The number of aryl methyl sites for hydroxylation is 2. The van der Waals surface area contributed by atoms with Crippen molar-refractivity contribution in [3.8, 4) is 0 Å². The molecule has 0 amide bonds. The number of H-pyrrole nitrogens is 1. The van der Waals surface area contributed by atoms with E-state index in [9.17, 15) is 9.90 Å². The molecule has 0 aliphatic carbocycles. The maximum Gasteiger partial charge on any atom is 0.253 e. The molecular formula is C23H27N3O2S. The zero-order valence-electron chi connectivity index (χ0n) is 16.9. The first-order chi connectivity index (χ1) is 14.0. The molecule has 3 N–H and O–H groups in total. The summed E-state index contributed by atoms with van der Waals surface area (Å²) in [7, 11) is 0. The van der Waals surface area contributed by atoms with E-state index >= 15 is 0 Å². The number of pyridine rings is 1. The molecule has 0 aliphatic rings. The van der Waals surface area contributed by atoms with Crippen LogP contribution in [0.1, 0.15) is 30.0 Å². The van der Waals surface area contributed by atoms with Crippen molar-refractivity contribution in [3.05, 3.63) is 75.6 Å². The molecule has 3 aromatic rings. The van der Waals surface area contributed by atoms with Crippen LogP contribution in [0.3, 0.4) is 0 Å². The lowest BCUT2D eigenvalue weighted by atomic mass is 10.1. The summed E-state index contributed by atoms with van der Waals surface area (Å²) in [5.74, 6) is 0. The minimum absolute atomic E-state index is 0.0670. The number of aliphatic hydroxyl groups excluding tert-OH is 1. The predicted octanol–water partition coefficient (Wildman–Crippen LogP) is 3.98. The maximum atomic E-state index is 12.6. The number of nitrogens with one attached hydrogen (secondary N) is 2. The third-order valence-corrected chi connectivity index (χ3v) is 5.26. The topological polar surface area (TPSA) is 68.4 Å². The van der Waals surface area contributed by atoms with Crippen LogP contribution >= 0.6 is 12.2 Å². The van der Waals surface area contributed by atoms with Crippen LogP contribution < -0.4 is 10.9 Å². The van der Waals surface area contributed by atoms with Crippen molar-refractivity contribution >= 4 is 33.9 Å². The molecule has 0 saturated carbocycles. The molecule has 0 aliphatic heterocycles. The summed E-state index contributed by atoms with van der Waals surface area (Å²) in [6.45, 7) is 5.13. The third kappa shape index (κ3) is 5.43. The molecule has 152 valence electrons. The Morgan fingerprint density at radius 3 is 2.76 bits per heavy atom. The fourth-order valence-electron chi connectivity index (χ4n) is 3.28. The number of aromatic nitrogens is 1. The zero-order valence-corrected chi connectivity index (χ0v) is 17.7.